The van der Waals surface area contributed by atoms with Gasteiger partial charge in [0.05, 0.1) is 12.7 Å². The minimum atomic E-state index is -0.960. The van der Waals surface area contributed by atoms with Gasteiger partial charge in [0.25, 0.3) is 0 Å². The zero-order chi connectivity index (χ0) is 16.6. The minimum Gasteiger partial charge on any atom is -0.394 e. The van der Waals surface area contributed by atoms with E-state index in [-0.39, 0.29) is 29.5 Å². The SMILES string of the molecule is CC(O)CO.CCC[C@H](C)C1(CC)C(=O)NC(=S)NC1=O. The maximum absolute atomic E-state index is 12.0. The molecule has 0 saturated carbocycles. The second-order valence-corrected chi connectivity index (χ2v) is 5.69. The Morgan fingerprint density at radius 2 is 1.62 bits per heavy atom. The lowest BCUT2D eigenvalue weighted by molar-refractivity contribution is -0.147. The first-order valence-corrected chi connectivity index (χ1v) is 7.62. The Labute approximate surface area is 131 Å². The van der Waals surface area contributed by atoms with E-state index in [0.717, 1.165) is 12.8 Å². The van der Waals surface area contributed by atoms with Crippen molar-refractivity contribution in [1.82, 2.24) is 10.6 Å². The predicted octanol–water partition coefficient (Wildman–Crippen LogP) is 0.709. The monoisotopic (exact) mass is 318 g/mol. The summed E-state index contributed by atoms with van der Waals surface area (Å²) in [4.78, 5) is 24.0. The van der Waals surface area contributed by atoms with Crippen molar-refractivity contribution < 1.29 is 19.8 Å². The number of rotatable bonds is 5. The molecule has 1 saturated heterocycles. The van der Waals surface area contributed by atoms with Gasteiger partial charge in [-0.3, -0.25) is 9.59 Å². The first-order valence-electron chi connectivity index (χ1n) is 7.21. The molecule has 1 aliphatic rings. The van der Waals surface area contributed by atoms with E-state index in [1.807, 2.05) is 20.8 Å². The fourth-order valence-corrected chi connectivity index (χ4v) is 2.55. The largest absolute Gasteiger partial charge is 0.394 e. The lowest BCUT2D eigenvalue weighted by Crippen LogP contribution is -2.64. The number of carbonyl (C=O) groups is 2. The first kappa shape index (κ1) is 19.9. The second kappa shape index (κ2) is 9.07. The molecule has 1 rings (SSSR count). The fourth-order valence-electron chi connectivity index (χ4n) is 2.36. The van der Waals surface area contributed by atoms with Gasteiger partial charge in [-0.2, -0.15) is 0 Å². The number of hydrogen-bond donors (Lipinski definition) is 4. The van der Waals surface area contributed by atoms with Gasteiger partial charge in [-0.1, -0.05) is 27.2 Å². The quantitative estimate of drug-likeness (QED) is 0.442. The molecule has 0 aromatic heterocycles. The topological polar surface area (TPSA) is 98.7 Å². The van der Waals surface area contributed by atoms with Gasteiger partial charge in [0.2, 0.25) is 11.8 Å². The number of carbonyl (C=O) groups excluding carboxylic acids is 2. The van der Waals surface area contributed by atoms with E-state index >= 15 is 0 Å². The summed E-state index contributed by atoms with van der Waals surface area (Å²) in [7, 11) is 0. The third kappa shape index (κ3) is 5.01. The molecule has 0 aromatic rings. The summed E-state index contributed by atoms with van der Waals surface area (Å²) in [6.07, 6.45) is 1.74. The highest BCUT2D eigenvalue weighted by molar-refractivity contribution is 7.80. The maximum atomic E-state index is 12.0. The molecule has 2 atom stereocenters. The molecular weight excluding hydrogens is 292 g/mol. The normalized spacial score (nSPS) is 19.8. The maximum Gasteiger partial charge on any atom is 0.242 e. The van der Waals surface area contributed by atoms with E-state index in [4.69, 9.17) is 22.4 Å². The van der Waals surface area contributed by atoms with Gasteiger partial charge in [0.1, 0.15) is 5.41 Å². The number of aliphatic hydroxyl groups excluding tert-OH is 2. The van der Waals surface area contributed by atoms with Gasteiger partial charge in [0.15, 0.2) is 5.11 Å². The molecule has 0 spiro atoms. The standard InChI is InChI=1S/C11H18N2O2S.C3H8O2/c1-4-6-7(3)11(5-2)8(14)12-10(16)13-9(11)15;1-3(5)2-4/h7H,4-6H2,1-3H3,(H2,12,13,14,15,16);3-5H,2H2,1H3/t7-;/m0./s1. The van der Waals surface area contributed by atoms with Crippen molar-refractivity contribution in [2.24, 2.45) is 11.3 Å². The zero-order valence-electron chi connectivity index (χ0n) is 13.1. The number of nitrogens with one attached hydrogen (secondary N) is 2. The van der Waals surface area contributed by atoms with Crippen LogP contribution in [-0.2, 0) is 9.59 Å². The lowest BCUT2D eigenvalue weighted by atomic mass is 9.70. The Morgan fingerprint density at radius 3 is 1.90 bits per heavy atom. The number of thiocarbonyl (C=S) groups is 1. The van der Waals surface area contributed by atoms with Crippen LogP contribution in [0.4, 0.5) is 0 Å². The second-order valence-electron chi connectivity index (χ2n) is 5.28. The van der Waals surface area contributed by atoms with Crippen molar-refractivity contribution in [1.29, 1.82) is 0 Å². The van der Waals surface area contributed by atoms with E-state index in [2.05, 4.69) is 10.6 Å². The third-order valence-corrected chi connectivity index (χ3v) is 3.85. The van der Waals surface area contributed by atoms with Crippen LogP contribution in [0, 0.1) is 11.3 Å². The Balaban J connectivity index is 0.000000690. The average molecular weight is 318 g/mol. The summed E-state index contributed by atoms with van der Waals surface area (Å²) < 4.78 is 0. The molecule has 4 N–H and O–H groups in total. The molecule has 1 aliphatic heterocycles. The van der Waals surface area contributed by atoms with Crippen LogP contribution in [-0.4, -0.2) is 39.9 Å². The average Bonchev–Trinajstić information content (AvgIpc) is 2.39. The fraction of sp³-hybridized carbons (Fsp3) is 0.786. The lowest BCUT2D eigenvalue weighted by Gasteiger charge is -2.38. The molecule has 6 nitrogen and oxygen atoms in total. The zero-order valence-corrected chi connectivity index (χ0v) is 13.9. The van der Waals surface area contributed by atoms with Gasteiger partial charge in [0, 0.05) is 0 Å². The summed E-state index contributed by atoms with van der Waals surface area (Å²) in [6, 6.07) is 0. The van der Waals surface area contributed by atoms with Crippen LogP contribution in [0.25, 0.3) is 0 Å². The van der Waals surface area contributed by atoms with Crippen LogP contribution < -0.4 is 10.6 Å². The van der Waals surface area contributed by atoms with Crippen molar-refractivity contribution in [2.45, 2.75) is 53.1 Å². The number of amides is 2. The molecule has 7 heteroatoms. The van der Waals surface area contributed by atoms with Crippen LogP contribution in [0.15, 0.2) is 0 Å². The van der Waals surface area contributed by atoms with E-state index in [1.54, 1.807) is 0 Å². The minimum absolute atomic E-state index is 0.0191. The highest BCUT2D eigenvalue weighted by atomic mass is 32.1. The Bertz CT molecular complexity index is 365. The van der Waals surface area contributed by atoms with Crippen molar-refractivity contribution in [3.05, 3.63) is 0 Å². The van der Waals surface area contributed by atoms with Gasteiger partial charge >= 0.3 is 0 Å². The number of hydrogen-bond acceptors (Lipinski definition) is 5. The summed E-state index contributed by atoms with van der Waals surface area (Å²) in [6.45, 7) is 7.24. The molecule has 122 valence electrons. The summed E-state index contributed by atoms with van der Waals surface area (Å²) in [5, 5.41) is 21.2. The van der Waals surface area contributed by atoms with Crippen LogP contribution in [0.1, 0.15) is 47.0 Å². The van der Waals surface area contributed by atoms with E-state index in [1.165, 1.54) is 6.92 Å². The van der Waals surface area contributed by atoms with E-state index < -0.39 is 11.5 Å². The van der Waals surface area contributed by atoms with Crippen molar-refractivity contribution in [3.63, 3.8) is 0 Å². The van der Waals surface area contributed by atoms with Crippen molar-refractivity contribution in [3.8, 4) is 0 Å². The molecule has 0 aliphatic carbocycles. The van der Waals surface area contributed by atoms with E-state index in [0.29, 0.717) is 6.42 Å². The Kier molecular flexibility index (Phi) is 8.61. The van der Waals surface area contributed by atoms with Crippen LogP contribution in [0.2, 0.25) is 0 Å². The molecule has 1 heterocycles. The molecule has 21 heavy (non-hydrogen) atoms. The van der Waals surface area contributed by atoms with Crippen LogP contribution in [0.5, 0.6) is 0 Å². The highest BCUT2D eigenvalue weighted by Crippen LogP contribution is 2.36. The summed E-state index contributed by atoms with van der Waals surface area (Å²) in [5.74, 6) is -0.500. The predicted molar refractivity (Wildman–Crippen MR) is 84.4 cm³/mol. The molecule has 0 radical (unpaired) electrons. The smallest absolute Gasteiger partial charge is 0.242 e. The first-order chi connectivity index (χ1) is 9.75. The molecule has 2 amide bonds. The highest BCUT2D eigenvalue weighted by Gasteiger charge is 2.51. The molecule has 1 unspecified atom stereocenters. The summed E-state index contributed by atoms with van der Waals surface area (Å²) >= 11 is 4.80. The van der Waals surface area contributed by atoms with E-state index in [9.17, 15) is 9.59 Å². The Morgan fingerprint density at radius 1 is 1.19 bits per heavy atom. The number of aliphatic hydroxyl groups is 2. The summed E-state index contributed by atoms with van der Waals surface area (Å²) in [5.41, 5.74) is -0.960. The molecule has 0 bridgehead atoms. The molecular formula is C14H26N2O4S. The molecule has 1 fully saturated rings. The molecule has 0 aromatic carbocycles. The van der Waals surface area contributed by atoms with Gasteiger partial charge < -0.3 is 20.8 Å². The van der Waals surface area contributed by atoms with Crippen LogP contribution in [0.3, 0.4) is 0 Å². The van der Waals surface area contributed by atoms with Gasteiger partial charge in [-0.05, 0) is 37.9 Å². The van der Waals surface area contributed by atoms with Gasteiger partial charge in [-0.15, -0.1) is 0 Å². The van der Waals surface area contributed by atoms with Gasteiger partial charge in [-0.25, -0.2) is 0 Å². The van der Waals surface area contributed by atoms with Crippen molar-refractivity contribution >= 4 is 29.1 Å². The third-order valence-electron chi connectivity index (χ3n) is 3.65. The van der Waals surface area contributed by atoms with Crippen molar-refractivity contribution in [2.75, 3.05) is 6.61 Å². The Hall–Kier alpha value is -1.05. The van der Waals surface area contributed by atoms with Crippen LogP contribution >= 0.6 is 12.2 Å².